The van der Waals surface area contributed by atoms with Crippen molar-refractivity contribution in [2.45, 2.75) is 31.3 Å². The lowest BCUT2D eigenvalue weighted by Gasteiger charge is -2.35. The van der Waals surface area contributed by atoms with Gasteiger partial charge in [0.05, 0.1) is 36.5 Å². The fourth-order valence-corrected chi connectivity index (χ4v) is 4.59. The van der Waals surface area contributed by atoms with Gasteiger partial charge in [-0.15, -0.1) is 0 Å². The van der Waals surface area contributed by atoms with Crippen molar-refractivity contribution in [3.63, 3.8) is 0 Å². The maximum absolute atomic E-state index is 13.7. The van der Waals surface area contributed by atoms with Crippen LogP contribution in [0.5, 0.6) is 5.75 Å². The van der Waals surface area contributed by atoms with Gasteiger partial charge in [-0.2, -0.15) is 0 Å². The molecular weight excluding hydrogens is 390 g/mol. The minimum absolute atomic E-state index is 0.00246. The molecule has 3 heterocycles. The highest BCUT2D eigenvalue weighted by atomic mass is 16.5. The van der Waals surface area contributed by atoms with Crippen molar-refractivity contribution in [1.82, 2.24) is 24.4 Å². The van der Waals surface area contributed by atoms with E-state index >= 15 is 0 Å². The number of rotatable bonds is 4. The number of fused-ring (bicyclic) bond motifs is 2. The van der Waals surface area contributed by atoms with Crippen LogP contribution in [0.2, 0.25) is 0 Å². The average molecular weight is 413 g/mol. The van der Waals surface area contributed by atoms with E-state index in [4.69, 9.17) is 4.74 Å². The Morgan fingerprint density at radius 1 is 1.13 bits per heavy atom. The predicted molar refractivity (Wildman–Crippen MR) is 116 cm³/mol. The monoisotopic (exact) mass is 413 g/mol. The van der Waals surface area contributed by atoms with Crippen LogP contribution < -0.4 is 4.74 Å². The molecule has 7 heteroatoms. The Kier molecular flexibility index (Phi) is 4.09. The zero-order valence-corrected chi connectivity index (χ0v) is 17.3. The van der Waals surface area contributed by atoms with Crippen molar-refractivity contribution in [2.75, 3.05) is 13.7 Å². The maximum atomic E-state index is 13.7. The van der Waals surface area contributed by atoms with Gasteiger partial charge in [-0.25, -0.2) is 9.97 Å². The normalized spacial score (nSPS) is 18.2. The zero-order valence-electron chi connectivity index (χ0n) is 17.3. The molecule has 0 saturated heterocycles. The molecule has 1 aliphatic heterocycles. The highest BCUT2D eigenvalue weighted by Gasteiger charge is 2.35. The first kappa shape index (κ1) is 18.2. The molecule has 156 valence electrons. The van der Waals surface area contributed by atoms with Crippen molar-refractivity contribution in [3.05, 3.63) is 77.6 Å². The number of amides is 1. The number of aromatic amines is 1. The third kappa shape index (κ3) is 3.00. The summed E-state index contributed by atoms with van der Waals surface area (Å²) in [5.74, 6) is 0.786. The molecule has 0 bridgehead atoms. The molecule has 2 aliphatic rings. The highest BCUT2D eigenvalue weighted by molar-refractivity contribution is 5.98. The van der Waals surface area contributed by atoms with Gasteiger partial charge in [-0.1, -0.05) is 12.1 Å². The Morgan fingerprint density at radius 3 is 2.74 bits per heavy atom. The maximum Gasteiger partial charge on any atom is 0.254 e. The second kappa shape index (κ2) is 6.97. The molecule has 1 saturated carbocycles. The summed E-state index contributed by atoms with van der Waals surface area (Å²) in [7, 11) is 1.65. The molecule has 1 amide bonds. The number of methoxy groups -OCH3 is 1. The summed E-state index contributed by atoms with van der Waals surface area (Å²) in [6.07, 6.45) is 6.77. The molecule has 0 unspecified atom stereocenters. The van der Waals surface area contributed by atoms with Crippen LogP contribution in [0, 0.1) is 0 Å². The second-order valence-corrected chi connectivity index (χ2v) is 8.28. The highest BCUT2D eigenvalue weighted by Crippen LogP contribution is 2.38. The fraction of sp³-hybridized carbons (Fsp3) is 0.292. The van der Waals surface area contributed by atoms with E-state index in [1.807, 2.05) is 53.7 Å². The molecule has 0 radical (unpaired) electrons. The van der Waals surface area contributed by atoms with Crippen molar-refractivity contribution < 1.29 is 9.53 Å². The van der Waals surface area contributed by atoms with Gasteiger partial charge in [-0.05, 0) is 48.7 Å². The SMILES string of the molecule is COc1ccc([C@H]2c3nc[nH]c3CCN2C(=O)c2ccc3c(c2)ncn3C2CC2)cc1. The molecule has 7 nitrogen and oxygen atoms in total. The molecule has 1 N–H and O–H groups in total. The number of hydrogen-bond donors (Lipinski definition) is 1. The summed E-state index contributed by atoms with van der Waals surface area (Å²) in [5, 5.41) is 0. The smallest absolute Gasteiger partial charge is 0.254 e. The fourth-order valence-electron chi connectivity index (χ4n) is 4.59. The van der Waals surface area contributed by atoms with Gasteiger partial charge >= 0.3 is 0 Å². The van der Waals surface area contributed by atoms with E-state index in [1.165, 1.54) is 12.8 Å². The van der Waals surface area contributed by atoms with E-state index in [0.717, 1.165) is 40.2 Å². The first-order valence-electron chi connectivity index (χ1n) is 10.7. The second-order valence-electron chi connectivity index (χ2n) is 8.28. The van der Waals surface area contributed by atoms with Crippen molar-refractivity contribution >= 4 is 16.9 Å². The van der Waals surface area contributed by atoms with E-state index in [2.05, 4.69) is 19.5 Å². The summed E-state index contributed by atoms with van der Waals surface area (Å²) in [6, 6.07) is 14.1. The molecular formula is C24H23N5O2. The van der Waals surface area contributed by atoms with E-state index in [-0.39, 0.29) is 11.9 Å². The van der Waals surface area contributed by atoms with Gasteiger partial charge in [0, 0.05) is 30.3 Å². The van der Waals surface area contributed by atoms with Crippen LogP contribution in [0.25, 0.3) is 11.0 Å². The molecule has 4 aromatic rings. The van der Waals surface area contributed by atoms with Crippen LogP contribution in [0.4, 0.5) is 0 Å². The van der Waals surface area contributed by atoms with Gasteiger partial charge in [0.1, 0.15) is 11.8 Å². The largest absolute Gasteiger partial charge is 0.497 e. The van der Waals surface area contributed by atoms with Crippen LogP contribution >= 0.6 is 0 Å². The standard InChI is InChI=1S/C24H23N5O2/c1-31-18-7-2-15(3-8-18)23-22-19(25-13-26-22)10-11-28(23)24(30)16-4-9-21-20(12-16)27-14-29(21)17-5-6-17/h2-4,7-9,12-14,17,23H,5-6,10-11H2,1H3,(H,25,26)/t23-/m0/s1. The van der Waals surface area contributed by atoms with Crippen molar-refractivity contribution in [3.8, 4) is 5.75 Å². The number of nitrogens with one attached hydrogen (secondary N) is 1. The molecule has 1 atom stereocenters. The Balaban J connectivity index is 1.38. The van der Waals surface area contributed by atoms with Crippen LogP contribution in [0.3, 0.4) is 0 Å². The Hall–Kier alpha value is -3.61. The van der Waals surface area contributed by atoms with Crippen LogP contribution in [-0.4, -0.2) is 44.0 Å². The van der Waals surface area contributed by atoms with Crippen LogP contribution in [0.1, 0.15) is 52.2 Å². The number of carbonyl (C=O) groups is 1. The van der Waals surface area contributed by atoms with Crippen LogP contribution in [-0.2, 0) is 6.42 Å². The van der Waals surface area contributed by atoms with Crippen molar-refractivity contribution in [1.29, 1.82) is 0 Å². The number of imidazole rings is 2. The number of nitrogens with zero attached hydrogens (tertiary/aromatic N) is 4. The summed E-state index contributed by atoms with van der Waals surface area (Å²) in [4.78, 5) is 27.9. The number of H-pyrrole nitrogens is 1. The van der Waals surface area contributed by atoms with Gasteiger partial charge in [0.25, 0.3) is 5.91 Å². The summed E-state index contributed by atoms with van der Waals surface area (Å²) >= 11 is 0. The average Bonchev–Trinajstić information content (AvgIpc) is 3.39. The van der Waals surface area contributed by atoms with Crippen molar-refractivity contribution in [2.24, 2.45) is 0 Å². The van der Waals surface area contributed by atoms with E-state index in [0.29, 0.717) is 18.2 Å². The minimum atomic E-state index is -0.242. The Morgan fingerprint density at radius 2 is 1.97 bits per heavy atom. The predicted octanol–water partition coefficient (Wildman–Crippen LogP) is 3.89. The van der Waals surface area contributed by atoms with Gasteiger partial charge < -0.3 is 19.2 Å². The first-order chi connectivity index (χ1) is 15.2. The topological polar surface area (TPSA) is 76.0 Å². The lowest BCUT2D eigenvalue weighted by Crippen LogP contribution is -2.40. The lowest BCUT2D eigenvalue weighted by molar-refractivity contribution is 0.0690. The number of hydrogen-bond acceptors (Lipinski definition) is 4. The lowest BCUT2D eigenvalue weighted by atomic mass is 9.94. The number of benzene rings is 2. The molecule has 1 fully saturated rings. The molecule has 2 aromatic heterocycles. The zero-order chi connectivity index (χ0) is 20.9. The number of aromatic nitrogens is 4. The molecule has 31 heavy (non-hydrogen) atoms. The van der Waals surface area contributed by atoms with E-state index in [1.54, 1.807) is 13.4 Å². The number of ether oxygens (including phenoxy) is 1. The summed E-state index contributed by atoms with van der Waals surface area (Å²) in [5.41, 5.74) is 5.63. The minimum Gasteiger partial charge on any atom is -0.497 e. The molecule has 2 aromatic carbocycles. The number of carbonyl (C=O) groups excluding carboxylic acids is 1. The quantitative estimate of drug-likeness (QED) is 0.551. The summed E-state index contributed by atoms with van der Waals surface area (Å²) < 4.78 is 7.53. The van der Waals surface area contributed by atoms with Gasteiger partial charge in [-0.3, -0.25) is 4.79 Å². The summed E-state index contributed by atoms with van der Waals surface area (Å²) in [6.45, 7) is 0.624. The van der Waals surface area contributed by atoms with Crippen LogP contribution in [0.15, 0.2) is 55.1 Å². The molecule has 6 rings (SSSR count). The molecule has 1 aliphatic carbocycles. The van der Waals surface area contributed by atoms with Gasteiger partial charge in [0.2, 0.25) is 0 Å². The molecule has 0 spiro atoms. The van der Waals surface area contributed by atoms with Gasteiger partial charge in [0.15, 0.2) is 0 Å². The van der Waals surface area contributed by atoms with E-state index < -0.39 is 0 Å². The Bertz CT molecular complexity index is 1270. The Labute approximate surface area is 179 Å². The third-order valence-corrected chi connectivity index (χ3v) is 6.38. The first-order valence-corrected chi connectivity index (χ1v) is 10.7. The van der Waals surface area contributed by atoms with E-state index in [9.17, 15) is 4.79 Å². The third-order valence-electron chi connectivity index (χ3n) is 6.38.